The molecule has 4 nitrogen and oxygen atoms in total. The second-order valence-corrected chi connectivity index (χ2v) is 6.24. The van der Waals surface area contributed by atoms with Crippen LogP contribution in [-0.4, -0.2) is 25.0 Å². The first kappa shape index (κ1) is 17.5. The fourth-order valence-electron chi connectivity index (χ4n) is 1.95. The number of benzene rings is 1. The first-order valence-corrected chi connectivity index (χ1v) is 8.63. The monoisotopic (exact) mass is 351 g/mol. The highest BCUT2D eigenvalue weighted by Gasteiger charge is 2.08. The fraction of sp³-hybridized carbons (Fsp3) is 0.294. The molecule has 2 rings (SSSR count). The smallest absolute Gasteiger partial charge is 0.306 e. The molecule has 0 unspecified atom stereocenters. The molecular formula is C17H18ClNO3S. The summed E-state index contributed by atoms with van der Waals surface area (Å²) in [5, 5.41) is 7.37. The molecule has 122 valence electrons. The van der Waals surface area contributed by atoms with E-state index in [1.807, 2.05) is 41.1 Å². The van der Waals surface area contributed by atoms with Crippen LogP contribution in [0.5, 0.6) is 0 Å². The Morgan fingerprint density at radius 1 is 1.09 bits per heavy atom. The number of hydrogen-bond donors (Lipinski definition) is 1. The summed E-state index contributed by atoms with van der Waals surface area (Å²) in [6.07, 6.45) is 1.63. The number of thiophene rings is 1. The van der Waals surface area contributed by atoms with Gasteiger partial charge < -0.3 is 10.1 Å². The van der Waals surface area contributed by atoms with Crippen molar-refractivity contribution in [3.8, 4) is 0 Å². The number of ether oxygens (including phenoxy) is 1. The Morgan fingerprint density at radius 3 is 2.57 bits per heavy atom. The lowest BCUT2D eigenvalue weighted by atomic mass is 10.1. The van der Waals surface area contributed by atoms with Crippen molar-refractivity contribution < 1.29 is 14.3 Å². The van der Waals surface area contributed by atoms with E-state index in [2.05, 4.69) is 5.32 Å². The summed E-state index contributed by atoms with van der Waals surface area (Å²) in [5.74, 6) is -0.646. The van der Waals surface area contributed by atoms with E-state index in [0.717, 1.165) is 11.1 Å². The van der Waals surface area contributed by atoms with Crippen molar-refractivity contribution in [3.63, 3.8) is 0 Å². The predicted molar refractivity (Wildman–Crippen MR) is 91.8 cm³/mol. The van der Waals surface area contributed by atoms with Gasteiger partial charge >= 0.3 is 5.97 Å². The number of nitrogens with one attached hydrogen (secondary N) is 1. The molecule has 0 saturated heterocycles. The van der Waals surface area contributed by atoms with E-state index >= 15 is 0 Å². The number of hydrogen-bond acceptors (Lipinski definition) is 4. The van der Waals surface area contributed by atoms with Gasteiger partial charge in [0.05, 0.1) is 0 Å². The van der Waals surface area contributed by atoms with Crippen LogP contribution < -0.4 is 5.32 Å². The third-order valence-electron chi connectivity index (χ3n) is 3.21. The van der Waals surface area contributed by atoms with Gasteiger partial charge in [0.1, 0.15) is 0 Å². The minimum atomic E-state index is -0.357. The molecule has 0 atom stereocenters. The Morgan fingerprint density at radius 2 is 1.87 bits per heavy atom. The molecule has 0 bridgehead atoms. The summed E-state index contributed by atoms with van der Waals surface area (Å²) in [7, 11) is 0. The van der Waals surface area contributed by atoms with Gasteiger partial charge in [-0.15, -0.1) is 0 Å². The number of carbonyl (C=O) groups excluding carboxylic acids is 2. The summed E-state index contributed by atoms with van der Waals surface area (Å²) < 4.78 is 4.96. The van der Waals surface area contributed by atoms with Crippen molar-refractivity contribution in [2.75, 3.05) is 13.2 Å². The number of esters is 1. The number of aryl methyl sites for hydroxylation is 1. The average molecular weight is 352 g/mol. The summed E-state index contributed by atoms with van der Waals surface area (Å²) in [6.45, 7) is 0.260. The fourth-order valence-corrected chi connectivity index (χ4v) is 2.78. The minimum Gasteiger partial charge on any atom is -0.456 e. The minimum absolute atomic E-state index is 0.233. The molecule has 1 N–H and O–H groups in total. The number of rotatable bonds is 8. The molecule has 2 aromatic rings. The van der Waals surface area contributed by atoms with Gasteiger partial charge in [-0.2, -0.15) is 11.3 Å². The molecule has 0 aliphatic heterocycles. The highest BCUT2D eigenvalue weighted by atomic mass is 35.5. The number of halogens is 1. The topological polar surface area (TPSA) is 55.4 Å². The molecular weight excluding hydrogens is 334 g/mol. The van der Waals surface area contributed by atoms with Gasteiger partial charge in [0.2, 0.25) is 0 Å². The molecule has 0 fully saturated rings. The van der Waals surface area contributed by atoms with Crippen molar-refractivity contribution in [2.24, 2.45) is 0 Å². The van der Waals surface area contributed by atoms with Crippen LogP contribution in [0.25, 0.3) is 0 Å². The number of carbonyl (C=O) groups is 2. The maximum atomic E-state index is 11.6. The van der Waals surface area contributed by atoms with Crippen molar-refractivity contribution in [1.82, 2.24) is 5.32 Å². The molecule has 0 aliphatic carbocycles. The Labute approximate surface area is 144 Å². The lowest BCUT2D eigenvalue weighted by molar-refractivity contribution is -0.148. The van der Waals surface area contributed by atoms with Gasteiger partial charge in [0, 0.05) is 18.0 Å². The summed E-state index contributed by atoms with van der Waals surface area (Å²) in [4.78, 5) is 23.2. The Bertz CT molecular complexity index is 626. The molecule has 0 aliphatic rings. The van der Waals surface area contributed by atoms with Gasteiger partial charge in [-0.3, -0.25) is 9.59 Å². The lowest BCUT2D eigenvalue weighted by Crippen LogP contribution is -2.30. The number of amides is 1. The molecule has 6 heteroatoms. The quantitative estimate of drug-likeness (QED) is 0.743. The zero-order chi connectivity index (χ0) is 16.5. The van der Waals surface area contributed by atoms with Gasteiger partial charge in [-0.05, 0) is 52.9 Å². The van der Waals surface area contributed by atoms with E-state index in [1.54, 1.807) is 11.3 Å². The van der Waals surface area contributed by atoms with Crippen LogP contribution in [-0.2, 0) is 27.2 Å². The van der Waals surface area contributed by atoms with Crippen LogP contribution in [0.1, 0.15) is 17.5 Å². The first-order chi connectivity index (χ1) is 11.1. The summed E-state index contributed by atoms with van der Waals surface area (Å²) >= 11 is 7.40. The normalized spacial score (nSPS) is 10.3. The SMILES string of the molecule is O=C(COC(=O)CCc1ccsc1)NCCc1ccc(Cl)cc1. The van der Waals surface area contributed by atoms with Crippen LogP contribution in [0.4, 0.5) is 0 Å². The molecule has 23 heavy (non-hydrogen) atoms. The third kappa shape index (κ3) is 6.84. The van der Waals surface area contributed by atoms with Gasteiger partial charge in [0.25, 0.3) is 5.91 Å². The molecule has 1 heterocycles. The van der Waals surface area contributed by atoms with Crippen molar-refractivity contribution in [1.29, 1.82) is 0 Å². The van der Waals surface area contributed by atoms with Crippen LogP contribution >= 0.6 is 22.9 Å². The second-order valence-electron chi connectivity index (χ2n) is 5.02. The standard InChI is InChI=1S/C17H18ClNO3S/c18-15-4-1-13(2-5-15)7-9-19-16(20)11-22-17(21)6-3-14-8-10-23-12-14/h1-2,4-5,8,10,12H,3,6-7,9,11H2,(H,19,20). The molecule has 1 amide bonds. The predicted octanol–water partition coefficient (Wildman–Crippen LogP) is 3.24. The highest BCUT2D eigenvalue weighted by Crippen LogP contribution is 2.10. The van der Waals surface area contributed by atoms with E-state index in [-0.39, 0.29) is 24.9 Å². The van der Waals surface area contributed by atoms with E-state index in [0.29, 0.717) is 24.4 Å². The van der Waals surface area contributed by atoms with Gasteiger partial charge in [-0.25, -0.2) is 0 Å². The first-order valence-electron chi connectivity index (χ1n) is 7.31. The van der Waals surface area contributed by atoms with E-state index in [4.69, 9.17) is 16.3 Å². The molecule has 0 spiro atoms. The second kappa shape index (κ2) is 9.33. The Hall–Kier alpha value is -1.85. The summed E-state index contributed by atoms with van der Waals surface area (Å²) in [5.41, 5.74) is 2.20. The third-order valence-corrected chi connectivity index (χ3v) is 4.20. The maximum absolute atomic E-state index is 11.6. The molecule has 1 aromatic heterocycles. The molecule has 0 radical (unpaired) electrons. The molecule has 0 saturated carbocycles. The van der Waals surface area contributed by atoms with E-state index < -0.39 is 0 Å². The largest absolute Gasteiger partial charge is 0.456 e. The maximum Gasteiger partial charge on any atom is 0.306 e. The zero-order valence-electron chi connectivity index (χ0n) is 12.6. The van der Waals surface area contributed by atoms with Crippen molar-refractivity contribution in [3.05, 3.63) is 57.2 Å². The van der Waals surface area contributed by atoms with Crippen LogP contribution in [0.2, 0.25) is 5.02 Å². The Balaban J connectivity index is 1.57. The van der Waals surface area contributed by atoms with Gasteiger partial charge in [-0.1, -0.05) is 23.7 Å². The zero-order valence-corrected chi connectivity index (χ0v) is 14.2. The summed E-state index contributed by atoms with van der Waals surface area (Å²) in [6, 6.07) is 9.43. The van der Waals surface area contributed by atoms with E-state index in [9.17, 15) is 9.59 Å². The van der Waals surface area contributed by atoms with Crippen LogP contribution in [0.15, 0.2) is 41.1 Å². The van der Waals surface area contributed by atoms with Crippen molar-refractivity contribution in [2.45, 2.75) is 19.3 Å². The molecule has 1 aromatic carbocycles. The van der Waals surface area contributed by atoms with E-state index in [1.165, 1.54) is 0 Å². The highest BCUT2D eigenvalue weighted by molar-refractivity contribution is 7.07. The lowest BCUT2D eigenvalue weighted by Gasteiger charge is -2.07. The Kier molecular flexibility index (Phi) is 7.10. The van der Waals surface area contributed by atoms with Gasteiger partial charge in [0.15, 0.2) is 6.61 Å². The van der Waals surface area contributed by atoms with Crippen LogP contribution in [0.3, 0.4) is 0 Å². The average Bonchev–Trinajstić information content (AvgIpc) is 3.06. The van der Waals surface area contributed by atoms with Crippen molar-refractivity contribution >= 4 is 34.8 Å². The van der Waals surface area contributed by atoms with Crippen LogP contribution in [0, 0.1) is 0 Å².